The third kappa shape index (κ3) is 4.09. The van der Waals surface area contributed by atoms with Gasteiger partial charge in [-0.3, -0.25) is 4.79 Å². The van der Waals surface area contributed by atoms with Crippen molar-refractivity contribution in [1.82, 2.24) is 19.9 Å². The maximum Gasteiger partial charge on any atom is 0.270 e. The highest BCUT2D eigenvalue weighted by Gasteiger charge is 2.27. The number of halogens is 1. The summed E-state index contributed by atoms with van der Waals surface area (Å²) in [6.45, 7) is 1.01. The lowest BCUT2D eigenvalue weighted by Gasteiger charge is -2.32. The molecule has 1 aliphatic rings. The Bertz CT molecular complexity index is 1060. The first-order valence-electron chi connectivity index (χ1n) is 9.25. The summed E-state index contributed by atoms with van der Waals surface area (Å²) < 4.78 is 19.0. The van der Waals surface area contributed by atoms with Gasteiger partial charge in [-0.1, -0.05) is 12.1 Å². The lowest BCUT2D eigenvalue weighted by atomic mass is 10.1. The van der Waals surface area contributed by atoms with Crippen molar-refractivity contribution in [3.8, 4) is 23.1 Å². The smallest absolute Gasteiger partial charge is 0.270 e. The van der Waals surface area contributed by atoms with Crippen LogP contribution < -0.4 is 4.74 Å². The van der Waals surface area contributed by atoms with Gasteiger partial charge in [0.15, 0.2) is 0 Å². The van der Waals surface area contributed by atoms with E-state index in [2.05, 4.69) is 15.0 Å². The summed E-state index contributed by atoms with van der Waals surface area (Å²) in [6.07, 6.45) is 5.92. The maximum absolute atomic E-state index is 13.1. The van der Waals surface area contributed by atoms with Crippen LogP contribution in [0.15, 0.2) is 48.9 Å². The van der Waals surface area contributed by atoms with Crippen molar-refractivity contribution < 1.29 is 13.9 Å². The van der Waals surface area contributed by atoms with E-state index in [9.17, 15) is 9.18 Å². The van der Waals surface area contributed by atoms with Crippen molar-refractivity contribution in [3.63, 3.8) is 0 Å². The lowest BCUT2D eigenvalue weighted by molar-refractivity contribution is 0.0521. The number of nitrogens with zero attached hydrogens (tertiary/aromatic N) is 4. The van der Waals surface area contributed by atoms with E-state index in [1.807, 2.05) is 6.07 Å². The van der Waals surface area contributed by atoms with E-state index in [0.29, 0.717) is 18.8 Å². The van der Waals surface area contributed by atoms with Crippen molar-refractivity contribution in [2.75, 3.05) is 13.1 Å². The number of nitrogens with one attached hydrogen (secondary N) is 1. The van der Waals surface area contributed by atoms with Crippen LogP contribution in [0.3, 0.4) is 0 Å². The Hall–Kier alpha value is -3.73. The molecule has 0 bridgehead atoms. The van der Waals surface area contributed by atoms with Gasteiger partial charge in [-0.2, -0.15) is 5.26 Å². The number of H-pyrrole nitrogens is 1. The van der Waals surface area contributed by atoms with Crippen molar-refractivity contribution in [2.24, 2.45) is 0 Å². The average Bonchev–Trinajstić information content (AvgIpc) is 3.24. The number of aromatic nitrogens is 3. The number of aromatic amines is 1. The second kappa shape index (κ2) is 8.10. The Morgan fingerprint density at radius 3 is 2.83 bits per heavy atom. The molecule has 1 amide bonds. The second-order valence-corrected chi connectivity index (χ2v) is 6.76. The molecular formula is C21H18FN5O2. The Labute approximate surface area is 166 Å². The monoisotopic (exact) mass is 391 g/mol. The molecule has 1 atom stereocenters. The largest absolute Gasteiger partial charge is 0.470 e. The Balaban J connectivity index is 1.45. The fourth-order valence-corrected chi connectivity index (χ4v) is 3.36. The molecule has 0 saturated carbocycles. The van der Waals surface area contributed by atoms with Gasteiger partial charge in [-0.05, 0) is 42.2 Å². The summed E-state index contributed by atoms with van der Waals surface area (Å²) in [5.74, 6) is -0.248. The molecule has 146 valence electrons. The van der Waals surface area contributed by atoms with Gasteiger partial charge in [0.25, 0.3) is 11.8 Å². The van der Waals surface area contributed by atoms with Crippen LogP contribution in [-0.4, -0.2) is 45.0 Å². The molecule has 4 rings (SSSR count). The van der Waals surface area contributed by atoms with Gasteiger partial charge in [0, 0.05) is 25.1 Å². The Morgan fingerprint density at radius 2 is 2.03 bits per heavy atom. The minimum atomic E-state index is -0.303. The van der Waals surface area contributed by atoms with Crippen LogP contribution >= 0.6 is 0 Å². The molecule has 8 heteroatoms. The van der Waals surface area contributed by atoms with E-state index in [4.69, 9.17) is 10.00 Å². The van der Waals surface area contributed by atoms with Gasteiger partial charge in [0.2, 0.25) is 5.69 Å². The number of ether oxygens (including phenoxy) is 1. The Morgan fingerprint density at radius 1 is 1.24 bits per heavy atom. The van der Waals surface area contributed by atoms with E-state index in [1.54, 1.807) is 29.3 Å². The molecule has 1 saturated heterocycles. The summed E-state index contributed by atoms with van der Waals surface area (Å²) in [7, 11) is 0. The molecule has 1 unspecified atom stereocenters. The molecule has 3 aromatic rings. The predicted molar refractivity (Wildman–Crippen MR) is 102 cm³/mol. The van der Waals surface area contributed by atoms with E-state index in [-0.39, 0.29) is 29.4 Å². The number of carbonyl (C=O) groups excluding carboxylic acids is 1. The topological polar surface area (TPSA) is 94.9 Å². The number of carbonyl (C=O) groups is 1. The van der Waals surface area contributed by atoms with E-state index < -0.39 is 0 Å². The van der Waals surface area contributed by atoms with Crippen molar-refractivity contribution in [1.29, 1.82) is 5.26 Å². The summed E-state index contributed by atoms with van der Waals surface area (Å²) in [4.78, 5) is 25.7. The van der Waals surface area contributed by atoms with E-state index >= 15 is 0 Å². The number of rotatable bonds is 4. The third-order valence-corrected chi connectivity index (χ3v) is 4.81. The first kappa shape index (κ1) is 18.6. The quantitative estimate of drug-likeness (QED) is 0.737. The molecule has 2 aromatic heterocycles. The average molecular weight is 391 g/mol. The highest BCUT2D eigenvalue weighted by Crippen LogP contribution is 2.23. The Kier molecular flexibility index (Phi) is 5.20. The van der Waals surface area contributed by atoms with Crippen LogP contribution in [0.1, 0.15) is 29.0 Å². The SMILES string of the molecule is N#Cc1nccnc1OC1CCCN(C(=O)c2cc(-c3ccc(F)cc3)c[nH]2)C1. The third-order valence-electron chi connectivity index (χ3n) is 4.81. The van der Waals surface area contributed by atoms with Crippen molar-refractivity contribution in [2.45, 2.75) is 18.9 Å². The standard InChI is InChI=1S/C21H18FN5O2/c22-16-5-3-14(4-6-16)15-10-18(26-12-15)21(28)27-9-1-2-17(13-27)29-20-19(11-23)24-7-8-25-20/h3-8,10,12,17,26H,1-2,9,13H2. The van der Waals surface area contributed by atoms with Gasteiger partial charge in [0.05, 0.1) is 6.54 Å². The van der Waals surface area contributed by atoms with Gasteiger partial charge in [-0.15, -0.1) is 0 Å². The van der Waals surface area contributed by atoms with Crippen LogP contribution in [0.25, 0.3) is 11.1 Å². The number of piperidine rings is 1. The van der Waals surface area contributed by atoms with Gasteiger partial charge >= 0.3 is 0 Å². The van der Waals surface area contributed by atoms with E-state index in [0.717, 1.165) is 24.0 Å². The molecule has 0 aliphatic carbocycles. The minimum Gasteiger partial charge on any atom is -0.470 e. The van der Waals surface area contributed by atoms with Gasteiger partial charge < -0.3 is 14.6 Å². The molecule has 3 heterocycles. The molecule has 1 aromatic carbocycles. The molecule has 1 N–H and O–H groups in total. The first-order valence-corrected chi connectivity index (χ1v) is 9.25. The zero-order chi connectivity index (χ0) is 20.2. The number of hydrogen-bond acceptors (Lipinski definition) is 5. The molecule has 7 nitrogen and oxygen atoms in total. The summed E-state index contributed by atoms with van der Waals surface area (Å²) in [5.41, 5.74) is 2.23. The number of hydrogen-bond donors (Lipinski definition) is 1. The van der Waals surface area contributed by atoms with Crippen molar-refractivity contribution >= 4 is 5.91 Å². The van der Waals surface area contributed by atoms with Gasteiger partial charge in [-0.25, -0.2) is 14.4 Å². The summed E-state index contributed by atoms with van der Waals surface area (Å²) in [6, 6.07) is 9.84. The number of amides is 1. The van der Waals surface area contributed by atoms with Gasteiger partial charge in [0.1, 0.15) is 23.7 Å². The summed E-state index contributed by atoms with van der Waals surface area (Å²) in [5, 5.41) is 9.13. The predicted octanol–water partition coefficient (Wildman–Crippen LogP) is 3.17. The zero-order valence-corrected chi connectivity index (χ0v) is 15.5. The van der Waals surface area contributed by atoms with Crippen LogP contribution in [0.4, 0.5) is 4.39 Å². The number of likely N-dealkylation sites (tertiary alicyclic amines) is 1. The highest BCUT2D eigenvalue weighted by molar-refractivity contribution is 5.94. The number of benzene rings is 1. The van der Waals surface area contributed by atoms with E-state index in [1.165, 1.54) is 24.5 Å². The fraction of sp³-hybridized carbons (Fsp3) is 0.238. The molecule has 0 spiro atoms. The first-order chi connectivity index (χ1) is 14.1. The second-order valence-electron chi connectivity index (χ2n) is 6.76. The lowest BCUT2D eigenvalue weighted by Crippen LogP contribution is -2.44. The molecule has 1 fully saturated rings. The minimum absolute atomic E-state index is 0.129. The number of nitriles is 1. The van der Waals surface area contributed by atoms with Crippen molar-refractivity contribution in [3.05, 3.63) is 66.1 Å². The highest BCUT2D eigenvalue weighted by atomic mass is 19.1. The molecular weight excluding hydrogens is 373 g/mol. The normalized spacial score (nSPS) is 16.3. The summed E-state index contributed by atoms with van der Waals surface area (Å²) >= 11 is 0. The zero-order valence-electron chi connectivity index (χ0n) is 15.5. The van der Waals surface area contributed by atoms with Crippen LogP contribution in [0, 0.1) is 17.1 Å². The molecule has 0 radical (unpaired) electrons. The van der Waals surface area contributed by atoms with Crippen LogP contribution in [0.2, 0.25) is 0 Å². The van der Waals surface area contributed by atoms with Crippen LogP contribution in [0.5, 0.6) is 5.88 Å². The molecule has 1 aliphatic heterocycles. The maximum atomic E-state index is 13.1. The fourth-order valence-electron chi connectivity index (χ4n) is 3.36. The molecule has 29 heavy (non-hydrogen) atoms. The van der Waals surface area contributed by atoms with Crippen LogP contribution in [-0.2, 0) is 0 Å².